The van der Waals surface area contributed by atoms with Gasteiger partial charge in [-0.25, -0.2) is 0 Å². The number of rotatable bonds is 8. The Bertz CT molecular complexity index is 929. The number of aliphatic hydroxyl groups excluding tert-OH is 1. The van der Waals surface area contributed by atoms with E-state index in [9.17, 15) is 14.7 Å². The molecule has 4 rings (SSSR count). The van der Waals surface area contributed by atoms with Crippen LogP contribution in [0.25, 0.3) is 0 Å². The number of carbonyl (C=O) groups is 2. The number of ether oxygens (including phenoxy) is 2. The third-order valence-electron chi connectivity index (χ3n) is 5.39. The van der Waals surface area contributed by atoms with E-state index in [1.165, 1.54) is 11.3 Å². The highest BCUT2D eigenvalue weighted by atomic mass is 32.1. The summed E-state index contributed by atoms with van der Waals surface area (Å²) >= 11 is 1.29. The van der Waals surface area contributed by atoms with Gasteiger partial charge >= 0.3 is 0 Å². The zero-order valence-electron chi connectivity index (χ0n) is 16.9. The Labute approximate surface area is 179 Å². The summed E-state index contributed by atoms with van der Waals surface area (Å²) in [6.45, 7) is 3.66. The Hall–Kier alpha value is -2.64. The molecular formula is C23H25NO5S. The first-order valence-electron chi connectivity index (χ1n) is 10.3. The summed E-state index contributed by atoms with van der Waals surface area (Å²) in [4.78, 5) is 28.2. The van der Waals surface area contributed by atoms with Gasteiger partial charge in [-0.3, -0.25) is 9.59 Å². The van der Waals surface area contributed by atoms with Gasteiger partial charge in [-0.05, 0) is 48.4 Å². The lowest BCUT2D eigenvalue weighted by Crippen LogP contribution is -2.37. The van der Waals surface area contributed by atoms with E-state index in [0.29, 0.717) is 24.6 Å². The molecule has 1 aromatic carbocycles. The molecule has 2 aliphatic heterocycles. The van der Waals surface area contributed by atoms with Crippen LogP contribution < -0.4 is 4.74 Å². The summed E-state index contributed by atoms with van der Waals surface area (Å²) in [5, 5.41) is 12.5. The van der Waals surface area contributed by atoms with Crippen molar-refractivity contribution in [2.45, 2.75) is 38.3 Å². The average Bonchev–Trinajstić information content (AvgIpc) is 3.51. The van der Waals surface area contributed by atoms with Gasteiger partial charge < -0.3 is 19.5 Å². The molecule has 3 heterocycles. The maximum atomic E-state index is 13.2. The van der Waals surface area contributed by atoms with Crippen molar-refractivity contribution in [1.29, 1.82) is 0 Å². The third-order valence-corrected chi connectivity index (χ3v) is 6.25. The molecule has 0 aliphatic carbocycles. The standard InChI is InChI=1S/C23H25NO5S/c1-2-11-28-16-9-7-15(8-10-16)20-19(21(25)18-6-4-13-30-18)22(26)23(27)24(20)14-17-5-3-12-29-17/h4,6-10,13,17,20,26H,2-3,5,11-12,14H2,1H3. The Kier molecular flexibility index (Phi) is 6.20. The fraction of sp³-hybridized carbons (Fsp3) is 0.391. The van der Waals surface area contributed by atoms with Crippen LogP contribution in [0.4, 0.5) is 0 Å². The van der Waals surface area contributed by atoms with Crippen molar-refractivity contribution in [2.24, 2.45) is 0 Å². The molecule has 2 aromatic rings. The Morgan fingerprint density at radius 1 is 1.30 bits per heavy atom. The van der Waals surface area contributed by atoms with E-state index in [0.717, 1.165) is 30.6 Å². The lowest BCUT2D eigenvalue weighted by atomic mass is 9.95. The van der Waals surface area contributed by atoms with E-state index < -0.39 is 17.7 Å². The zero-order valence-corrected chi connectivity index (χ0v) is 17.7. The molecular weight excluding hydrogens is 402 g/mol. The number of thiophene rings is 1. The van der Waals surface area contributed by atoms with E-state index in [1.54, 1.807) is 22.4 Å². The van der Waals surface area contributed by atoms with Crippen molar-refractivity contribution >= 4 is 23.0 Å². The highest BCUT2D eigenvalue weighted by Crippen LogP contribution is 2.40. The molecule has 0 spiro atoms. The van der Waals surface area contributed by atoms with Crippen LogP contribution in [-0.2, 0) is 9.53 Å². The SMILES string of the molecule is CCCOc1ccc(C2C(C(=O)c3cccs3)=C(O)C(=O)N2CC2CCCO2)cc1. The summed E-state index contributed by atoms with van der Waals surface area (Å²) in [6.07, 6.45) is 2.62. The summed E-state index contributed by atoms with van der Waals surface area (Å²) in [7, 11) is 0. The van der Waals surface area contributed by atoms with E-state index in [-0.39, 0.29) is 17.5 Å². The quantitative estimate of drug-likeness (QED) is 0.636. The second-order valence-electron chi connectivity index (χ2n) is 7.48. The van der Waals surface area contributed by atoms with Crippen LogP contribution in [0.3, 0.4) is 0 Å². The van der Waals surface area contributed by atoms with Gasteiger partial charge in [0.15, 0.2) is 5.76 Å². The number of aliphatic hydroxyl groups is 1. The van der Waals surface area contributed by atoms with Crippen LogP contribution in [0, 0.1) is 0 Å². The summed E-state index contributed by atoms with van der Waals surface area (Å²) in [5.41, 5.74) is 0.886. The van der Waals surface area contributed by atoms with Gasteiger partial charge in [0.25, 0.3) is 5.91 Å². The minimum Gasteiger partial charge on any atom is -0.503 e. The van der Waals surface area contributed by atoms with Gasteiger partial charge in [0.2, 0.25) is 5.78 Å². The molecule has 0 bridgehead atoms. The van der Waals surface area contributed by atoms with Crippen molar-refractivity contribution < 1.29 is 24.2 Å². The fourth-order valence-corrected chi connectivity index (χ4v) is 4.61. The second-order valence-corrected chi connectivity index (χ2v) is 8.43. The second kappa shape index (κ2) is 9.02. The first-order valence-corrected chi connectivity index (χ1v) is 11.1. The van der Waals surface area contributed by atoms with Gasteiger partial charge in [0.05, 0.1) is 29.2 Å². The first kappa shape index (κ1) is 20.6. The number of carbonyl (C=O) groups excluding carboxylic acids is 2. The smallest absolute Gasteiger partial charge is 0.290 e. The van der Waals surface area contributed by atoms with E-state index >= 15 is 0 Å². The monoisotopic (exact) mass is 427 g/mol. The van der Waals surface area contributed by atoms with E-state index in [2.05, 4.69) is 0 Å². The number of Topliss-reactive ketones (excluding diaryl/α,β-unsaturated/α-hetero) is 1. The van der Waals surface area contributed by atoms with Crippen molar-refractivity contribution in [2.75, 3.05) is 19.8 Å². The zero-order chi connectivity index (χ0) is 21.1. The van der Waals surface area contributed by atoms with E-state index in [4.69, 9.17) is 9.47 Å². The highest BCUT2D eigenvalue weighted by molar-refractivity contribution is 7.12. The van der Waals surface area contributed by atoms with Gasteiger partial charge in [-0.1, -0.05) is 25.1 Å². The van der Waals surface area contributed by atoms with Gasteiger partial charge in [0, 0.05) is 13.2 Å². The molecule has 1 amide bonds. The number of hydrogen-bond donors (Lipinski definition) is 1. The maximum Gasteiger partial charge on any atom is 0.290 e. The summed E-state index contributed by atoms with van der Waals surface area (Å²) in [6, 6.07) is 10.2. The minimum atomic E-state index is -0.656. The summed E-state index contributed by atoms with van der Waals surface area (Å²) in [5.74, 6) is -0.582. The third kappa shape index (κ3) is 4.00. The number of ketones is 1. The molecule has 1 aromatic heterocycles. The molecule has 1 saturated heterocycles. The number of benzene rings is 1. The molecule has 158 valence electrons. The van der Waals surface area contributed by atoms with Gasteiger partial charge in [-0.2, -0.15) is 0 Å². The largest absolute Gasteiger partial charge is 0.503 e. The fourth-order valence-electron chi connectivity index (χ4n) is 3.93. The maximum absolute atomic E-state index is 13.2. The van der Waals surface area contributed by atoms with Gasteiger partial charge in [0.1, 0.15) is 5.75 Å². The van der Waals surface area contributed by atoms with Crippen LogP contribution in [0.15, 0.2) is 53.1 Å². The first-order chi connectivity index (χ1) is 14.6. The molecule has 2 aliphatic rings. The molecule has 2 unspecified atom stereocenters. The Morgan fingerprint density at radius 2 is 2.10 bits per heavy atom. The molecule has 2 atom stereocenters. The van der Waals surface area contributed by atoms with Crippen LogP contribution >= 0.6 is 11.3 Å². The summed E-state index contributed by atoms with van der Waals surface area (Å²) < 4.78 is 11.4. The average molecular weight is 428 g/mol. The predicted octanol–water partition coefficient (Wildman–Crippen LogP) is 4.29. The lowest BCUT2D eigenvalue weighted by molar-refractivity contribution is -0.131. The number of hydrogen-bond acceptors (Lipinski definition) is 6. The van der Waals surface area contributed by atoms with Crippen molar-refractivity contribution in [3.8, 4) is 5.75 Å². The molecule has 1 fully saturated rings. The number of nitrogens with zero attached hydrogens (tertiary/aromatic N) is 1. The minimum absolute atomic E-state index is 0.0902. The normalized spacial score (nSPS) is 21.5. The predicted molar refractivity (Wildman–Crippen MR) is 114 cm³/mol. The lowest BCUT2D eigenvalue weighted by Gasteiger charge is -2.29. The van der Waals surface area contributed by atoms with Crippen molar-refractivity contribution in [3.05, 3.63) is 63.6 Å². The molecule has 30 heavy (non-hydrogen) atoms. The van der Waals surface area contributed by atoms with Crippen LogP contribution in [0.2, 0.25) is 0 Å². The Morgan fingerprint density at radius 3 is 2.73 bits per heavy atom. The van der Waals surface area contributed by atoms with Crippen LogP contribution in [0.5, 0.6) is 5.75 Å². The molecule has 7 heteroatoms. The Balaban J connectivity index is 1.69. The van der Waals surface area contributed by atoms with Crippen LogP contribution in [-0.4, -0.2) is 47.6 Å². The highest BCUT2D eigenvalue weighted by Gasteiger charge is 2.45. The molecule has 6 nitrogen and oxygen atoms in total. The number of amides is 1. The van der Waals surface area contributed by atoms with Crippen molar-refractivity contribution in [3.63, 3.8) is 0 Å². The molecule has 0 saturated carbocycles. The van der Waals surface area contributed by atoms with Gasteiger partial charge in [-0.15, -0.1) is 11.3 Å². The molecule has 0 radical (unpaired) electrons. The van der Waals surface area contributed by atoms with Crippen LogP contribution in [0.1, 0.15) is 47.5 Å². The van der Waals surface area contributed by atoms with Crippen molar-refractivity contribution in [1.82, 2.24) is 4.90 Å². The molecule has 1 N–H and O–H groups in total. The van der Waals surface area contributed by atoms with E-state index in [1.807, 2.05) is 31.2 Å². The topological polar surface area (TPSA) is 76.1 Å².